The molecule has 1 fully saturated rings. The summed E-state index contributed by atoms with van der Waals surface area (Å²) in [5.74, 6) is 0.890. The summed E-state index contributed by atoms with van der Waals surface area (Å²) in [6, 6.07) is 0. The average molecular weight is 238 g/mol. The third-order valence-corrected chi connectivity index (χ3v) is 4.45. The SMILES string of the molecule is CC1(C)CCC(CNCc2cncs2)CC1. The lowest BCUT2D eigenvalue weighted by atomic mass is 9.73. The first-order chi connectivity index (χ1) is 7.66. The number of nitrogens with one attached hydrogen (secondary N) is 1. The lowest BCUT2D eigenvalue weighted by Crippen LogP contribution is -2.28. The molecule has 0 radical (unpaired) electrons. The third-order valence-electron chi connectivity index (χ3n) is 3.67. The van der Waals surface area contributed by atoms with E-state index in [1.54, 1.807) is 11.3 Å². The molecule has 1 heterocycles. The molecule has 2 rings (SSSR count). The van der Waals surface area contributed by atoms with Crippen LogP contribution >= 0.6 is 11.3 Å². The first kappa shape index (κ1) is 12.1. The molecule has 0 saturated heterocycles. The van der Waals surface area contributed by atoms with Crippen LogP contribution in [-0.4, -0.2) is 11.5 Å². The highest BCUT2D eigenvalue weighted by Crippen LogP contribution is 2.37. The van der Waals surface area contributed by atoms with Crippen LogP contribution in [0, 0.1) is 11.3 Å². The number of aromatic nitrogens is 1. The fraction of sp³-hybridized carbons (Fsp3) is 0.769. The summed E-state index contributed by atoms with van der Waals surface area (Å²) < 4.78 is 0. The Kier molecular flexibility index (Phi) is 3.98. The summed E-state index contributed by atoms with van der Waals surface area (Å²) in [5, 5.41) is 3.56. The molecular formula is C13H22N2S. The molecule has 1 aromatic rings. The Labute approximate surface area is 102 Å². The minimum Gasteiger partial charge on any atom is -0.312 e. The molecule has 3 heteroatoms. The summed E-state index contributed by atoms with van der Waals surface area (Å²) in [7, 11) is 0. The smallest absolute Gasteiger partial charge is 0.0794 e. The Balaban J connectivity index is 1.64. The van der Waals surface area contributed by atoms with Crippen LogP contribution in [0.1, 0.15) is 44.4 Å². The first-order valence-electron chi connectivity index (χ1n) is 6.24. The van der Waals surface area contributed by atoms with E-state index in [2.05, 4.69) is 24.1 Å². The van der Waals surface area contributed by atoms with E-state index in [1.165, 1.54) is 37.1 Å². The summed E-state index contributed by atoms with van der Waals surface area (Å²) in [6.45, 7) is 6.96. The molecule has 1 aliphatic rings. The number of thiazole rings is 1. The normalized spacial score (nSPS) is 21.1. The van der Waals surface area contributed by atoms with Gasteiger partial charge >= 0.3 is 0 Å². The zero-order valence-electron chi connectivity index (χ0n) is 10.3. The molecule has 1 aromatic heterocycles. The molecule has 0 bridgehead atoms. The second-order valence-electron chi connectivity index (χ2n) is 5.71. The van der Waals surface area contributed by atoms with Gasteiger partial charge < -0.3 is 5.32 Å². The Morgan fingerprint density at radius 3 is 2.81 bits per heavy atom. The van der Waals surface area contributed by atoms with Gasteiger partial charge in [0.15, 0.2) is 0 Å². The average Bonchev–Trinajstić information content (AvgIpc) is 2.73. The molecule has 90 valence electrons. The Morgan fingerprint density at radius 2 is 2.19 bits per heavy atom. The first-order valence-corrected chi connectivity index (χ1v) is 7.12. The number of rotatable bonds is 4. The van der Waals surface area contributed by atoms with Crippen LogP contribution in [0.2, 0.25) is 0 Å². The van der Waals surface area contributed by atoms with Crippen molar-refractivity contribution in [2.24, 2.45) is 11.3 Å². The third kappa shape index (κ3) is 3.56. The fourth-order valence-electron chi connectivity index (χ4n) is 2.39. The topological polar surface area (TPSA) is 24.9 Å². The fourth-order valence-corrected chi connectivity index (χ4v) is 2.96. The van der Waals surface area contributed by atoms with Gasteiger partial charge in [-0.15, -0.1) is 11.3 Å². The van der Waals surface area contributed by atoms with E-state index in [4.69, 9.17) is 0 Å². The van der Waals surface area contributed by atoms with Crippen molar-refractivity contribution in [1.29, 1.82) is 0 Å². The maximum absolute atomic E-state index is 4.09. The standard InChI is InChI=1S/C13H22N2S/c1-13(2)5-3-11(4-6-13)7-14-8-12-9-15-10-16-12/h9-11,14H,3-8H2,1-2H3. The maximum atomic E-state index is 4.09. The Morgan fingerprint density at radius 1 is 1.44 bits per heavy atom. The van der Waals surface area contributed by atoms with Crippen molar-refractivity contribution in [1.82, 2.24) is 10.3 Å². The highest BCUT2D eigenvalue weighted by atomic mass is 32.1. The van der Waals surface area contributed by atoms with Gasteiger partial charge in [0.2, 0.25) is 0 Å². The molecule has 0 spiro atoms. The van der Waals surface area contributed by atoms with Gasteiger partial charge in [0.05, 0.1) is 5.51 Å². The minimum atomic E-state index is 0.591. The maximum Gasteiger partial charge on any atom is 0.0794 e. The van der Waals surface area contributed by atoms with Gasteiger partial charge in [-0.25, -0.2) is 0 Å². The molecule has 16 heavy (non-hydrogen) atoms. The quantitative estimate of drug-likeness (QED) is 0.869. The van der Waals surface area contributed by atoms with Crippen molar-refractivity contribution < 1.29 is 0 Å². The summed E-state index contributed by atoms with van der Waals surface area (Å²) in [4.78, 5) is 5.43. The Bertz CT molecular complexity index is 296. The van der Waals surface area contributed by atoms with E-state index in [0.29, 0.717) is 5.41 Å². The highest BCUT2D eigenvalue weighted by molar-refractivity contribution is 7.09. The molecule has 0 amide bonds. The number of hydrogen-bond donors (Lipinski definition) is 1. The molecule has 0 aliphatic heterocycles. The zero-order chi connectivity index (χ0) is 11.4. The lowest BCUT2D eigenvalue weighted by molar-refractivity contribution is 0.188. The van der Waals surface area contributed by atoms with E-state index >= 15 is 0 Å². The van der Waals surface area contributed by atoms with E-state index in [-0.39, 0.29) is 0 Å². The molecule has 0 atom stereocenters. The lowest BCUT2D eigenvalue weighted by Gasteiger charge is -2.34. The predicted octanol–water partition coefficient (Wildman–Crippen LogP) is 3.45. The second kappa shape index (κ2) is 5.28. The van der Waals surface area contributed by atoms with Crippen molar-refractivity contribution >= 4 is 11.3 Å². The van der Waals surface area contributed by atoms with Crippen LogP contribution in [0.5, 0.6) is 0 Å². The summed E-state index contributed by atoms with van der Waals surface area (Å²) in [6.07, 6.45) is 7.52. The second-order valence-corrected chi connectivity index (χ2v) is 6.68. The van der Waals surface area contributed by atoms with E-state index in [0.717, 1.165) is 12.5 Å². The van der Waals surface area contributed by atoms with Crippen LogP contribution in [0.15, 0.2) is 11.7 Å². The molecule has 0 aromatic carbocycles. The minimum absolute atomic E-state index is 0.591. The van der Waals surface area contributed by atoms with Crippen molar-refractivity contribution in [3.8, 4) is 0 Å². The van der Waals surface area contributed by atoms with Gasteiger partial charge in [0.1, 0.15) is 0 Å². The predicted molar refractivity (Wildman–Crippen MR) is 69.6 cm³/mol. The van der Waals surface area contributed by atoms with Crippen LogP contribution < -0.4 is 5.32 Å². The summed E-state index contributed by atoms with van der Waals surface area (Å²) in [5.41, 5.74) is 2.49. The molecular weight excluding hydrogens is 216 g/mol. The van der Waals surface area contributed by atoms with Gasteiger partial charge in [0.25, 0.3) is 0 Å². The molecule has 2 nitrogen and oxygen atoms in total. The largest absolute Gasteiger partial charge is 0.312 e. The van der Waals surface area contributed by atoms with Crippen molar-refractivity contribution in [2.75, 3.05) is 6.54 Å². The van der Waals surface area contributed by atoms with Gasteiger partial charge in [-0.2, -0.15) is 0 Å². The van der Waals surface area contributed by atoms with Crippen LogP contribution in [-0.2, 0) is 6.54 Å². The van der Waals surface area contributed by atoms with E-state index in [9.17, 15) is 0 Å². The van der Waals surface area contributed by atoms with Crippen molar-refractivity contribution in [3.05, 3.63) is 16.6 Å². The summed E-state index contributed by atoms with van der Waals surface area (Å²) >= 11 is 1.74. The van der Waals surface area contributed by atoms with Crippen molar-refractivity contribution in [3.63, 3.8) is 0 Å². The number of hydrogen-bond acceptors (Lipinski definition) is 3. The van der Waals surface area contributed by atoms with Gasteiger partial charge in [-0.3, -0.25) is 4.98 Å². The van der Waals surface area contributed by atoms with Gasteiger partial charge in [-0.1, -0.05) is 13.8 Å². The monoisotopic (exact) mass is 238 g/mol. The van der Waals surface area contributed by atoms with Crippen LogP contribution in [0.4, 0.5) is 0 Å². The zero-order valence-corrected chi connectivity index (χ0v) is 11.1. The molecule has 0 unspecified atom stereocenters. The van der Waals surface area contributed by atoms with Crippen molar-refractivity contribution in [2.45, 2.75) is 46.1 Å². The van der Waals surface area contributed by atoms with Gasteiger partial charge in [-0.05, 0) is 43.6 Å². The number of nitrogens with zero attached hydrogens (tertiary/aromatic N) is 1. The molecule has 1 saturated carbocycles. The molecule has 1 aliphatic carbocycles. The van der Waals surface area contributed by atoms with Gasteiger partial charge in [0, 0.05) is 17.6 Å². The van der Waals surface area contributed by atoms with E-state index < -0.39 is 0 Å². The highest BCUT2D eigenvalue weighted by Gasteiger charge is 2.26. The molecule has 1 N–H and O–H groups in total. The van der Waals surface area contributed by atoms with E-state index in [1.807, 2.05) is 11.7 Å². The Hall–Kier alpha value is -0.410. The van der Waals surface area contributed by atoms with Crippen LogP contribution in [0.3, 0.4) is 0 Å². The van der Waals surface area contributed by atoms with Crippen LogP contribution in [0.25, 0.3) is 0 Å².